The molecular weight excluding hydrogens is 390 g/mol. The van der Waals surface area contributed by atoms with E-state index in [4.69, 9.17) is 4.74 Å². The highest BCUT2D eigenvalue weighted by Crippen LogP contribution is 2.45. The summed E-state index contributed by atoms with van der Waals surface area (Å²) in [5.41, 5.74) is -0.0457. The van der Waals surface area contributed by atoms with Gasteiger partial charge in [-0.25, -0.2) is 4.79 Å². The van der Waals surface area contributed by atoms with Crippen molar-refractivity contribution in [2.24, 2.45) is 0 Å². The number of benzene rings is 3. The molecule has 0 spiro atoms. The average molecular weight is 415 g/mol. The van der Waals surface area contributed by atoms with E-state index in [1.807, 2.05) is 55.5 Å². The minimum Gasteiger partial charge on any atom is -0.466 e. The molecule has 158 valence electrons. The third kappa shape index (κ3) is 3.41. The molecule has 1 amide bonds. The smallest absolute Gasteiger partial charge is 0.333 e. The molecule has 3 aromatic rings. The molecule has 1 saturated heterocycles. The molecule has 0 unspecified atom stereocenters. The van der Waals surface area contributed by atoms with Crippen LogP contribution in [-0.2, 0) is 14.3 Å². The van der Waals surface area contributed by atoms with Crippen molar-refractivity contribution in [3.8, 4) is 0 Å². The van der Waals surface area contributed by atoms with Gasteiger partial charge in [-0.3, -0.25) is 4.79 Å². The largest absolute Gasteiger partial charge is 0.466 e. The number of fused-ring (bicyclic) bond motifs is 1. The fourth-order valence-corrected chi connectivity index (χ4v) is 4.53. The summed E-state index contributed by atoms with van der Waals surface area (Å²) in [7, 11) is 1.26. The molecule has 31 heavy (non-hydrogen) atoms. The van der Waals surface area contributed by atoms with Gasteiger partial charge in [0.1, 0.15) is 0 Å². The topological polar surface area (TPSA) is 66.8 Å². The van der Waals surface area contributed by atoms with Crippen LogP contribution < -0.4 is 0 Å². The van der Waals surface area contributed by atoms with E-state index >= 15 is 0 Å². The number of rotatable bonds is 6. The molecule has 1 fully saturated rings. The Kier molecular flexibility index (Phi) is 5.38. The minimum atomic E-state index is -1.76. The number of hydrogen-bond acceptors (Lipinski definition) is 4. The molecule has 0 aromatic heterocycles. The number of methoxy groups -OCH3 is 1. The molecule has 1 aliphatic heterocycles. The molecule has 0 aliphatic carbocycles. The van der Waals surface area contributed by atoms with Crippen molar-refractivity contribution in [2.45, 2.75) is 24.5 Å². The van der Waals surface area contributed by atoms with Gasteiger partial charge in [-0.05, 0) is 28.8 Å². The van der Waals surface area contributed by atoms with E-state index in [1.54, 1.807) is 29.2 Å². The van der Waals surface area contributed by atoms with Crippen molar-refractivity contribution < 1.29 is 19.4 Å². The number of esters is 1. The van der Waals surface area contributed by atoms with Gasteiger partial charge in [0.05, 0.1) is 25.6 Å². The van der Waals surface area contributed by atoms with Gasteiger partial charge in [0.25, 0.3) is 5.91 Å². The summed E-state index contributed by atoms with van der Waals surface area (Å²) in [5, 5.41) is 13.6. The van der Waals surface area contributed by atoms with Crippen LogP contribution in [0.1, 0.15) is 30.0 Å². The summed E-state index contributed by atoms with van der Waals surface area (Å²) >= 11 is 0. The first kappa shape index (κ1) is 20.8. The maximum absolute atomic E-state index is 13.3. The van der Waals surface area contributed by atoms with Crippen LogP contribution in [0.25, 0.3) is 10.8 Å². The van der Waals surface area contributed by atoms with Crippen molar-refractivity contribution in [3.05, 3.63) is 96.1 Å². The normalized spacial score (nSPS) is 20.1. The number of carbonyl (C=O) groups is 2. The number of hydrogen-bond donors (Lipinski definition) is 1. The van der Waals surface area contributed by atoms with Gasteiger partial charge in [0.15, 0.2) is 5.60 Å². The standard InChI is InChI=1S/C26H25NO4/c1-17(24(28)31-3)23(20-11-5-4-6-12-20)26(30)16-27(25(26)29)18(2)21-15-9-13-19-10-7-8-14-22(19)21/h4-15,18,23,30H,1,16H2,2-3H3/t18-,23+,26-/m1/s1. The zero-order chi connectivity index (χ0) is 22.2. The van der Waals surface area contributed by atoms with Gasteiger partial charge in [-0.15, -0.1) is 0 Å². The van der Waals surface area contributed by atoms with E-state index in [0.717, 1.165) is 16.3 Å². The van der Waals surface area contributed by atoms with Crippen LogP contribution >= 0.6 is 0 Å². The molecule has 0 saturated carbocycles. The summed E-state index contributed by atoms with van der Waals surface area (Å²) in [5.74, 6) is -1.95. The number of amides is 1. The monoisotopic (exact) mass is 415 g/mol. The molecule has 5 heteroatoms. The second-order valence-electron chi connectivity index (χ2n) is 7.96. The van der Waals surface area contributed by atoms with Gasteiger partial charge in [0.2, 0.25) is 0 Å². The van der Waals surface area contributed by atoms with E-state index in [2.05, 4.69) is 6.58 Å². The van der Waals surface area contributed by atoms with Crippen LogP contribution in [0, 0.1) is 0 Å². The Morgan fingerprint density at radius 2 is 1.71 bits per heavy atom. The quantitative estimate of drug-likeness (QED) is 0.376. The third-order valence-electron chi connectivity index (χ3n) is 6.19. The van der Waals surface area contributed by atoms with E-state index in [9.17, 15) is 14.7 Å². The Hall–Kier alpha value is -3.44. The van der Waals surface area contributed by atoms with Crippen LogP contribution in [-0.4, -0.2) is 41.1 Å². The molecule has 0 bridgehead atoms. The van der Waals surface area contributed by atoms with Gasteiger partial charge in [0, 0.05) is 5.57 Å². The third-order valence-corrected chi connectivity index (χ3v) is 6.19. The Morgan fingerprint density at radius 3 is 2.39 bits per heavy atom. The lowest BCUT2D eigenvalue weighted by atomic mass is 9.71. The first-order chi connectivity index (χ1) is 14.9. The number of β-lactam (4-membered cyclic amide) rings is 1. The van der Waals surface area contributed by atoms with Crippen LogP contribution in [0.5, 0.6) is 0 Å². The van der Waals surface area contributed by atoms with Crippen molar-refractivity contribution >= 4 is 22.6 Å². The lowest BCUT2D eigenvalue weighted by molar-refractivity contribution is -0.183. The molecule has 5 nitrogen and oxygen atoms in total. The van der Waals surface area contributed by atoms with Crippen LogP contribution in [0.4, 0.5) is 0 Å². The molecule has 1 heterocycles. The molecule has 4 rings (SSSR count). The molecular formula is C26H25NO4. The predicted molar refractivity (Wildman–Crippen MR) is 119 cm³/mol. The van der Waals surface area contributed by atoms with Crippen LogP contribution in [0.2, 0.25) is 0 Å². The van der Waals surface area contributed by atoms with Crippen molar-refractivity contribution in [1.29, 1.82) is 0 Å². The number of carbonyl (C=O) groups excluding carboxylic acids is 2. The Balaban J connectivity index is 1.67. The Labute approximate surface area is 181 Å². The first-order valence-corrected chi connectivity index (χ1v) is 10.2. The minimum absolute atomic E-state index is 0.0574. The van der Waals surface area contributed by atoms with Crippen LogP contribution in [0.15, 0.2) is 84.9 Å². The maximum atomic E-state index is 13.3. The Morgan fingerprint density at radius 1 is 1.06 bits per heavy atom. The zero-order valence-electron chi connectivity index (χ0n) is 17.6. The van der Waals surface area contributed by atoms with E-state index in [0.29, 0.717) is 5.56 Å². The molecule has 1 N–H and O–H groups in total. The fraction of sp³-hybridized carbons (Fsp3) is 0.231. The second kappa shape index (κ2) is 8.00. The van der Waals surface area contributed by atoms with E-state index in [-0.39, 0.29) is 18.2 Å². The predicted octanol–water partition coefficient (Wildman–Crippen LogP) is 3.99. The summed E-state index contributed by atoms with van der Waals surface area (Å²) < 4.78 is 4.83. The number of likely N-dealkylation sites (tertiary alicyclic amines) is 1. The zero-order valence-corrected chi connectivity index (χ0v) is 17.6. The number of nitrogens with zero attached hydrogens (tertiary/aromatic N) is 1. The van der Waals surface area contributed by atoms with Crippen molar-refractivity contribution in [2.75, 3.05) is 13.7 Å². The van der Waals surface area contributed by atoms with Gasteiger partial charge in [-0.1, -0.05) is 79.4 Å². The SMILES string of the molecule is C=C(C(=O)OC)[C@@H](c1ccccc1)[C@]1(O)CN([C@H](C)c2cccc3ccccc23)C1=O. The number of ether oxygens (including phenoxy) is 1. The number of β-amino-alcohol motifs (C(OH)–C–C–N with tert-alkyl or cyclic N) is 1. The summed E-state index contributed by atoms with van der Waals surface area (Å²) in [4.78, 5) is 27.2. The fourth-order valence-electron chi connectivity index (χ4n) is 4.53. The lowest BCUT2D eigenvalue weighted by Crippen LogP contribution is -2.69. The molecule has 3 aromatic carbocycles. The Bertz CT molecular complexity index is 1150. The summed E-state index contributed by atoms with van der Waals surface area (Å²) in [6.45, 7) is 5.89. The van der Waals surface area contributed by atoms with E-state index < -0.39 is 23.4 Å². The molecule has 1 aliphatic rings. The lowest BCUT2D eigenvalue weighted by Gasteiger charge is -2.52. The van der Waals surface area contributed by atoms with Gasteiger partial charge >= 0.3 is 5.97 Å². The number of aliphatic hydroxyl groups is 1. The van der Waals surface area contributed by atoms with E-state index in [1.165, 1.54) is 7.11 Å². The summed E-state index contributed by atoms with van der Waals surface area (Å²) in [6, 6.07) is 22.8. The second-order valence-corrected chi connectivity index (χ2v) is 7.96. The highest BCUT2D eigenvalue weighted by molar-refractivity contribution is 5.98. The van der Waals surface area contributed by atoms with Gasteiger partial charge in [-0.2, -0.15) is 0 Å². The van der Waals surface area contributed by atoms with Crippen LogP contribution in [0.3, 0.4) is 0 Å². The van der Waals surface area contributed by atoms with Crippen molar-refractivity contribution in [1.82, 2.24) is 4.90 Å². The maximum Gasteiger partial charge on any atom is 0.333 e. The van der Waals surface area contributed by atoms with Crippen molar-refractivity contribution in [3.63, 3.8) is 0 Å². The highest BCUT2D eigenvalue weighted by Gasteiger charge is 2.59. The van der Waals surface area contributed by atoms with Gasteiger partial charge < -0.3 is 14.7 Å². The summed E-state index contributed by atoms with van der Waals surface area (Å²) in [6.07, 6.45) is 0. The molecule has 3 atom stereocenters. The highest BCUT2D eigenvalue weighted by atomic mass is 16.5. The first-order valence-electron chi connectivity index (χ1n) is 10.2. The average Bonchev–Trinajstić information content (AvgIpc) is 2.81. The molecule has 0 radical (unpaired) electrons.